The topological polar surface area (TPSA) is 17.1 Å². The van der Waals surface area contributed by atoms with Gasteiger partial charge in [0, 0.05) is 12.3 Å². The Bertz CT molecular complexity index is 394. The van der Waals surface area contributed by atoms with Gasteiger partial charge in [0.2, 0.25) is 0 Å². The maximum Gasteiger partial charge on any atom is 0.120 e. The fourth-order valence-corrected chi connectivity index (χ4v) is 1.93. The van der Waals surface area contributed by atoms with Gasteiger partial charge in [-0.2, -0.15) is 0 Å². The maximum atomic E-state index is 10.8. The summed E-state index contributed by atoms with van der Waals surface area (Å²) in [4.78, 5) is 10.8. The summed E-state index contributed by atoms with van der Waals surface area (Å²) < 4.78 is 0. The van der Waals surface area contributed by atoms with Crippen molar-refractivity contribution >= 4 is 6.29 Å². The van der Waals surface area contributed by atoms with Crippen LogP contribution < -0.4 is 0 Å². The number of aldehydes is 1. The molecule has 2 aromatic rings. The minimum Gasteiger partial charge on any atom is -0.303 e. The van der Waals surface area contributed by atoms with Crippen molar-refractivity contribution in [2.45, 2.75) is 26.2 Å². The molecule has 0 aliphatic rings. The molecule has 0 saturated carbocycles. The van der Waals surface area contributed by atoms with Gasteiger partial charge in [0.25, 0.3) is 0 Å². The van der Waals surface area contributed by atoms with Crippen molar-refractivity contribution in [1.29, 1.82) is 0 Å². The summed E-state index contributed by atoms with van der Waals surface area (Å²) >= 11 is 0. The van der Waals surface area contributed by atoms with Crippen LogP contribution in [0.5, 0.6) is 0 Å². The monoisotopic (exact) mass is 240 g/mol. The van der Waals surface area contributed by atoms with Crippen molar-refractivity contribution in [2.75, 3.05) is 0 Å². The van der Waals surface area contributed by atoms with Gasteiger partial charge in [0.15, 0.2) is 0 Å². The molecular formula is C17H20O. The minimum atomic E-state index is 0.180. The van der Waals surface area contributed by atoms with Gasteiger partial charge in [0.1, 0.15) is 6.29 Å². The van der Waals surface area contributed by atoms with E-state index in [9.17, 15) is 4.79 Å². The van der Waals surface area contributed by atoms with Crippen LogP contribution in [0.1, 0.15) is 37.3 Å². The highest BCUT2D eigenvalue weighted by Gasteiger charge is 2.12. The first-order valence-corrected chi connectivity index (χ1v) is 6.45. The number of hydrogen-bond acceptors (Lipinski definition) is 1. The van der Waals surface area contributed by atoms with E-state index in [0.29, 0.717) is 6.42 Å². The molecule has 0 fully saturated rings. The molecule has 2 aromatic carbocycles. The van der Waals surface area contributed by atoms with E-state index in [1.807, 2.05) is 50.2 Å². The molecule has 0 aliphatic carbocycles. The van der Waals surface area contributed by atoms with Crippen molar-refractivity contribution in [3.63, 3.8) is 0 Å². The highest BCUT2D eigenvalue weighted by atomic mass is 16.1. The average Bonchev–Trinajstić information content (AvgIpc) is 2.49. The van der Waals surface area contributed by atoms with Crippen LogP contribution in [-0.2, 0) is 4.79 Å². The van der Waals surface area contributed by atoms with E-state index in [0.717, 1.165) is 6.29 Å². The van der Waals surface area contributed by atoms with E-state index >= 15 is 0 Å². The molecule has 0 aromatic heterocycles. The van der Waals surface area contributed by atoms with Crippen LogP contribution in [0.2, 0.25) is 0 Å². The lowest BCUT2D eigenvalue weighted by Crippen LogP contribution is -2.01. The predicted molar refractivity (Wildman–Crippen MR) is 76.8 cm³/mol. The standard InChI is InChI=1S/C15H14O.C2H6/c16-12-11-15(13-7-3-1-4-8-13)14-9-5-2-6-10-14;1-2/h1-10,12,15H,11H2;1-2H3. The largest absolute Gasteiger partial charge is 0.303 e. The molecule has 0 saturated heterocycles. The molecule has 1 heteroatoms. The van der Waals surface area contributed by atoms with Gasteiger partial charge in [-0.25, -0.2) is 0 Å². The van der Waals surface area contributed by atoms with E-state index in [2.05, 4.69) is 24.3 Å². The average molecular weight is 240 g/mol. The highest BCUT2D eigenvalue weighted by Crippen LogP contribution is 2.26. The maximum absolute atomic E-state index is 10.8. The fourth-order valence-electron chi connectivity index (χ4n) is 1.93. The first kappa shape index (κ1) is 14.2. The van der Waals surface area contributed by atoms with Crippen molar-refractivity contribution in [3.8, 4) is 0 Å². The molecule has 0 radical (unpaired) electrons. The number of rotatable bonds is 4. The number of benzene rings is 2. The predicted octanol–water partition coefficient (Wildman–Crippen LogP) is 4.43. The van der Waals surface area contributed by atoms with Crippen LogP contribution in [0.25, 0.3) is 0 Å². The molecule has 0 heterocycles. The Kier molecular flexibility index (Phi) is 6.49. The van der Waals surface area contributed by atoms with Crippen molar-refractivity contribution in [1.82, 2.24) is 0 Å². The van der Waals surface area contributed by atoms with Gasteiger partial charge in [-0.1, -0.05) is 74.5 Å². The summed E-state index contributed by atoms with van der Waals surface area (Å²) in [6.45, 7) is 4.00. The number of hydrogen-bond donors (Lipinski definition) is 0. The molecule has 0 atom stereocenters. The van der Waals surface area contributed by atoms with E-state index < -0.39 is 0 Å². The molecular weight excluding hydrogens is 220 g/mol. The van der Waals surface area contributed by atoms with Gasteiger partial charge >= 0.3 is 0 Å². The van der Waals surface area contributed by atoms with E-state index in [1.54, 1.807) is 0 Å². The van der Waals surface area contributed by atoms with Gasteiger partial charge in [-0.05, 0) is 11.1 Å². The molecule has 2 rings (SSSR count). The SMILES string of the molecule is CC.O=CCC(c1ccccc1)c1ccccc1. The Morgan fingerprint density at radius 2 is 1.22 bits per heavy atom. The zero-order valence-electron chi connectivity index (χ0n) is 11.0. The third-order valence-corrected chi connectivity index (χ3v) is 2.74. The summed E-state index contributed by atoms with van der Waals surface area (Å²) in [5.74, 6) is 0.180. The lowest BCUT2D eigenvalue weighted by Gasteiger charge is -2.14. The molecule has 18 heavy (non-hydrogen) atoms. The molecule has 1 nitrogen and oxygen atoms in total. The quantitative estimate of drug-likeness (QED) is 0.722. The van der Waals surface area contributed by atoms with E-state index in [4.69, 9.17) is 0 Å². The molecule has 94 valence electrons. The second-order valence-corrected chi connectivity index (χ2v) is 3.78. The lowest BCUT2D eigenvalue weighted by molar-refractivity contribution is -0.108. The van der Waals surface area contributed by atoms with Crippen LogP contribution in [0.15, 0.2) is 60.7 Å². The van der Waals surface area contributed by atoms with Crippen LogP contribution in [0.3, 0.4) is 0 Å². The highest BCUT2D eigenvalue weighted by molar-refractivity contribution is 5.54. The molecule has 0 spiro atoms. The summed E-state index contributed by atoms with van der Waals surface area (Å²) in [6.07, 6.45) is 1.53. The summed E-state index contributed by atoms with van der Waals surface area (Å²) in [5, 5.41) is 0. The zero-order chi connectivity index (χ0) is 13.2. The summed E-state index contributed by atoms with van der Waals surface area (Å²) in [7, 11) is 0. The molecule has 0 N–H and O–H groups in total. The van der Waals surface area contributed by atoms with Crippen LogP contribution in [-0.4, -0.2) is 6.29 Å². The number of carbonyl (C=O) groups is 1. The molecule has 0 amide bonds. The summed E-state index contributed by atoms with van der Waals surface area (Å²) in [6, 6.07) is 20.3. The Labute approximate surface area is 109 Å². The molecule has 0 aliphatic heterocycles. The Hall–Kier alpha value is -1.89. The van der Waals surface area contributed by atoms with Crippen LogP contribution >= 0.6 is 0 Å². The normalized spacial score (nSPS) is 9.50. The first-order valence-electron chi connectivity index (χ1n) is 6.45. The smallest absolute Gasteiger partial charge is 0.120 e. The number of carbonyl (C=O) groups excluding carboxylic acids is 1. The Morgan fingerprint density at radius 3 is 1.56 bits per heavy atom. The third-order valence-electron chi connectivity index (χ3n) is 2.74. The fraction of sp³-hybridized carbons (Fsp3) is 0.235. The zero-order valence-corrected chi connectivity index (χ0v) is 11.0. The van der Waals surface area contributed by atoms with Gasteiger partial charge < -0.3 is 4.79 Å². The molecule has 0 bridgehead atoms. The Morgan fingerprint density at radius 1 is 0.833 bits per heavy atom. The van der Waals surface area contributed by atoms with E-state index in [1.165, 1.54) is 11.1 Å². The van der Waals surface area contributed by atoms with E-state index in [-0.39, 0.29) is 5.92 Å². The third kappa shape index (κ3) is 3.85. The van der Waals surface area contributed by atoms with Crippen molar-refractivity contribution in [3.05, 3.63) is 71.8 Å². The Balaban J connectivity index is 0.000000771. The first-order chi connectivity index (χ1) is 8.92. The minimum absolute atomic E-state index is 0.180. The van der Waals surface area contributed by atoms with Gasteiger partial charge in [-0.15, -0.1) is 0 Å². The van der Waals surface area contributed by atoms with Gasteiger partial charge in [0.05, 0.1) is 0 Å². The van der Waals surface area contributed by atoms with Crippen molar-refractivity contribution in [2.24, 2.45) is 0 Å². The van der Waals surface area contributed by atoms with Gasteiger partial charge in [-0.3, -0.25) is 0 Å². The van der Waals surface area contributed by atoms with Crippen LogP contribution in [0, 0.1) is 0 Å². The van der Waals surface area contributed by atoms with Crippen LogP contribution in [0.4, 0.5) is 0 Å². The second-order valence-electron chi connectivity index (χ2n) is 3.78. The van der Waals surface area contributed by atoms with Crippen molar-refractivity contribution < 1.29 is 4.79 Å². The molecule has 0 unspecified atom stereocenters. The summed E-state index contributed by atoms with van der Waals surface area (Å²) in [5.41, 5.74) is 2.39. The lowest BCUT2D eigenvalue weighted by atomic mass is 9.89. The second kappa shape index (κ2) is 8.24.